The van der Waals surface area contributed by atoms with Gasteiger partial charge in [-0.3, -0.25) is 4.98 Å². The largest absolute Gasteiger partial charge is 0.280 e. The first-order valence-corrected chi connectivity index (χ1v) is 4.66. The van der Waals surface area contributed by atoms with E-state index in [2.05, 4.69) is 20.9 Å². The molecule has 1 heterocycles. The van der Waals surface area contributed by atoms with Crippen LogP contribution in [0.4, 0.5) is 8.78 Å². The zero-order valence-electron chi connectivity index (χ0n) is 7.39. The lowest BCUT2D eigenvalue weighted by atomic mass is 10.1. The van der Waals surface area contributed by atoms with Gasteiger partial charge in [0.1, 0.15) is 5.69 Å². The number of pyridine rings is 1. The highest BCUT2D eigenvalue weighted by atomic mass is 79.9. The number of aromatic nitrogens is 1. The van der Waals surface area contributed by atoms with E-state index in [9.17, 15) is 8.78 Å². The second-order valence-corrected chi connectivity index (χ2v) is 3.59. The highest BCUT2D eigenvalue weighted by molar-refractivity contribution is 9.10. The Labute approximate surface area is 88.7 Å². The van der Waals surface area contributed by atoms with Crippen LogP contribution in [0.2, 0.25) is 0 Å². The van der Waals surface area contributed by atoms with Gasteiger partial charge in [0.25, 0.3) is 6.43 Å². The molecule has 0 atom stereocenters. The molecule has 0 aromatic carbocycles. The van der Waals surface area contributed by atoms with Crippen LogP contribution in [0.3, 0.4) is 0 Å². The molecule has 0 aliphatic rings. The standard InChI is InChI=1S/C9H7BrF2N2/c1-5-6(10)4-8(9(11)12)14-7(5)2-3-13/h4,9H,2H2,1H3. The van der Waals surface area contributed by atoms with Gasteiger partial charge in [-0.25, -0.2) is 8.78 Å². The molecule has 0 aliphatic carbocycles. The van der Waals surface area contributed by atoms with Crippen molar-refractivity contribution >= 4 is 15.9 Å². The minimum atomic E-state index is -2.61. The van der Waals surface area contributed by atoms with E-state index in [1.165, 1.54) is 6.07 Å². The van der Waals surface area contributed by atoms with Crippen molar-refractivity contribution in [1.29, 1.82) is 5.26 Å². The van der Waals surface area contributed by atoms with Crippen molar-refractivity contribution in [3.8, 4) is 6.07 Å². The van der Waals surface area contributed by atoms with Crippen LogP contribution < -0.4 is 0 Å². The smallest absolute Gasteiger partial charge is 0.250 e. The lowest BCUT2D eigenvalue weighted by Crippen LogP contribution is -1.99. The van der Waals surface area contributed by atoms with Gasteiger partial charge in [-0.15, -0.1) is 0 Å². The maximum absolute atomic E-state index is 12.3. The molecule has 2 nitrogen and oxygen atoms in total. The predicted octanol–water partition coefficient (Wildman–Crippen LogP) is 3.16. The fourth-order valence-electron chi connectivity index (χ4n) is 1.01. The minimum Gasteiger partial charge on any atom is -0.250 e. The zero-order valence-corrected chi connectivity index (χ0v) is 8.98. The molecule has 0 saturated heterocycles. The first kappa shape index (κ1) is 11.1. The van der Waals surface area contributed by atoms with Crippen LogP contribution in [0.25, 0.3) is 0 Å². The molecule has 14 heavy (non-hydrogen) atoms. The van der Waals surface area contributed by atoms with Crippen molar-refractivity contribution < 1.29 is 8.78 Å². The Balaban J connectivity index is 3.22. The maximum Gasteiger partial charge on any atom is 0.280 e. The first-order valence-electron chi connectivity index (χ1n) is 3.87. The quantitative estimate of drug-likeness (QED) is 0.819. The molecular weight excluding hydrogens is 254 g/mol. The van der Waals surface area contributed by atoms with Gasteiger partial charge in [0.15, 0.2) is 0 Å². The highest BCUT2D eigenvalue weighted by Crippen LogP contribution is 2.25. The van der Waals surface area contributed by atoms with Crippen LogP contribution in [0, 0.1) is 18.3 Å². The van der Waals surface area contributed by atoms with Gasteiger partial charge in [-0.05, 0) is 18.6 Å². The van der Waals surface area contributed by atoms with Gasteiger partial charge in [0.2, 0.25) is 0 Å². The predicted molar refractivity (Wildman–Crippen MR) is 50.9 cm³/mol. The summed E-state index contributed by atoms with van der Waals surface area (Å²) in [5.41, 5.74) is 0.834. The lowest BCUT2D eigenvalue weighted by Gasteiger charge is -2.06. The second kappa shape index (κ2) is 4.47. The number of hydrogen-bond acceptors (Lipinski definition) is 2. The molecule has 1 aromatic heterocycles. The SMILES string of the molecule is Cc1c(Br)cc(C(F)F)nc1CC#N. The van der Waals surface area contributed by atoms with E-state index in [1.54, 1.807) is 6.92 Å². The van der Waals surface area contributed by atoms with Gasteiger partial charge in [-0.2, -0.15) is 5.26 Å². The maximum atomic E-state index is 12.3. The van der Waals surface area contributed by atoms with E-state index in [1.807, 2.05) is 6.07 Å². The Morgan fingerprint density at radius 3 is 2.79 bits per heavy atom. The topological polar surface area (TPSA) is 36.7 Å². The third-order valence-corrected chi connectivity index (χ3v) is 2.62. The van der Waals surface area contributed by atoms with E-state index >= 15 is 0 Å². The fraction of sp³-hybridized carbons (Fsp3) is 0.333. The molecule has 74 valence electrons. The van der Waals surface area contributed by atoms with Crippen LogP contribution in [0.5, 0.6) is 0 Å². The van der Waals surface area contributed by atoms with Gasteiger partial charge < -0.3 is 0 Å². The lowest BCUT2D eigenvalue weighted by molar-refractivity contribution is 0.145. The van der Waals surface area contributed by atoms with Gasteiger partial charge in [0.05, 0.1) is 18.2 Å². The summed E-state index contributed by atoms with van der Waals surface area (Å²) in [6.45, 7) is 1.74. The van der Waals surface area contributed by atoms with Gasteiger partial charge >= 0.3 is 0 Å². The third kappa shape index (κ3) is 2.26. The van der Waals surface area contributed by atoms with E-state index in [4.69, 9.17) is 5.26 Å². The van der Waals surface area contributed by atoms with Gasteiger partial charge in [0, 0.05) is 4.47 Å². The molecule has 0 amide bonds. The van der Waals surface area contributed by atoms with E-state index in [0.29, 0.717) is 10.2 Å². The summed E-state index contributed by atoms with van der Waals surface area (Å²) < 4.78 is 25.2. The van der Waals surface area contributed by atoms with Crippen molar-refractivity contribution in [3.63, 3.8) is 0 Å². The number of nitrogens with zero attached hydrogens (tertiary/aromatic N) is 2. The summed E-state index contributed by atoms with van der Waals surface area (Å²) in [6.07, 6.45) is -2.56. The number of hydrogen-bond donors (Lipinski definition) is 0. The van der Waals surface area contributed by atoms with Crippen molar-refractivity contribution in [1.82, 2.24) is 4.98 Å². The summed E-state index contributed by atoms with van der Waals surface area (Å²) in [6, 6.07) is 3.17. The second-order valence-electron chi connectivity index (χ2n) is 2.74. The number of nitriles is 1. The minimum absolute atomic E-state index is 0.0466. The molecule has 0 fully saturated rings. The summed E-state index contributed by atoms with van der Waals surface area (Å²) in [4.78, 5) is 3.72. The average molecular weight is 261 g/mol. The molecule has 0 aliphatic heterocycles. The Morgan fingerprint density at radius 2 is 2.29 bits per heavy atom. The summed E-state index contributed by atoms with van der Waals surface area (Å²) in [7, 11) is 0. The van der Waals surface area contributed by atoms with Gasteiger partial charge in [-0.1, -0.05) is 15.9 Å². The summed E-state index contributed by atoms with van der Waals surface area (Å²) in [5.74, 6) is 0. The van der Waals surface area contributed by atoms with Crippen molar-refractivity contribution in [2.24, 2.45) is 0 Å². The van der Waals surface area contributed by atoms with Crippen LogP contribution in [-0.2, 0) is 6.42 Å². The number of alkyl halides is 2. The normalized spacial score (nSPS) is 10.3. The van der Waals surface area contributed by atoms with Crippen molar-refractivity contribution in [2.45, 2.75) is 19.8 Å². The monoisotopic (exact) mass is 260 g/mol. The number of halogens is 3. The molecule has 0 spiro atoms. The Kier molecular flexibility index (Phi) is 3.53. The van der Waals surface area contributed by atoms with E-state index in [0.717, 1.165) is 5.56 Å². The fourth-order valence-corrected chi connectivity index (χ4v) is 1.47. The molecule has 0 unspecified atom stereocenters. The molecule has 5 heteroatoms. The molecule has 0 radical (unpaired) electrons. The third-order valence-electron chi connectivity index (χ3n) is 1.80. The molecule has 1 aromatic rings. The van der Waals surface area contributed by atoms with Crippen LogP contribution in [-0.4, -0.2) is 4.98 Å². The van der Waals surface area contributed by atoms with Crippen molar-refractivity contribution in [2.75, 3.05) is 0 Å². The van der Waals surface area contributed by atoms with E-state index < -0.39 is 6.43 Å². The van der Waals surface area contributed by atoms with Crippen LogP contribution in [0.15, 0.2) is 10.5 Å². The molecule has 0 bridgehead atoms. The molecular formula is C9H7BrF2N2. The Hall–Kier alpha value is -1.02. The summed E-state index contributed by atoms with van der Waals surface area (Å²) >= 11 is 3.15. The van der Waals surface area contributed by atoms with Crippen LogP contribution >= 0.6 is 15.9 Å². The molecule has 1 rings (SSSR count). The average Bonchev–Trinajstić information content (AvgIpc) is 2.12. The zero-order chi connectivity index (χ0) is 10.7. The highest BCUT2D eigenvalue weighted by Gasteiger charge is 2.13. The Morgan fingerprint density at radius 1 is 1.64 bits per heavy atom. The molecule has 0 N–H and O–H groups in total. The van der Waals surface area contributed by atoms with E-state index in [-0.39, 0.29) is 12.1 Å². The Bertz CT molecular complexity index is 385. The summed E-state index contributed by atoms with van der Waals surface area (Å²) in [5, 5.41) is 8.47. The first-order chi connectivity index (χ1) is 6.56. The van der Waals surface area contributed by atoms with Crippen LogP contribution in [0.1, 0.15) is 23.4 Å². The number of rotatable bonds is 2. The molecule has 0 saturated carbocycles. The van der Waals surface area contributed by atoms with Crippen molar-refractivity contribution in [3.05, 3.63) is 27.5 Å².